The minimum Gasteiger partial charge on any atom is -0.493 e. The lowest BCUT2D eigenvalue weighted by molar-refractivity contribution is 0.0695. The Morgan fingerprint density at radius 3 is 2.21 bits per heavy atom. The van der Waals surface area contributed by atoms with Gasteiger partial charge in [0.15, 0.2) is 11.5 Å². The predicted molar refractivity (Wildman–Crippen MR) is 131 cm³/mol. The number of carbonyl (C=O) groups is 1. The average Bonchev–Trinajstić information content (AvgIpc) is 2.85. The molecule has 34 heavy (non-hydrogen) atoms. The molecule has 1 heterocycles. The second kappa shape index (κ2) is 11.4. The number of aryl methyl sites for hydroxylation is 3. The maximum absolute atomic E-state index is 11.9. The van der Waals surface area contributed by atoms with Crippen LogP contribution in [-0.2, 0) is 12.8 Å². The largest absolute Gasteiger partial charge is 0.493 e. The molecule has 0 atom stereocenters. The number of aromatic nitrogens is 1. The predicted octanol–water partition coefficient (Wildman–Crippen LogP) is 5.36. The van der Waals surface area contributed by atoms with Crippen LogP contribution >= 0.6 is 0 Å². The van der Waals surface area contributed by atoms with Crippen LogP contribution in [0.2, 0.25) is 0 Å². The summed E-state index contributed by atoms with van der Waals surface area (Å²) in [5.74, 6) is 1.34. The number of benzene rings is 2. The number of rotatable bonds is 11. The highest BCUT2D eigenvalue weighted by molar-refractivity contribution is 5.89. The molecule has 0 radical (unpaired) electrons. The maximum Gasteiger partial charge on any atom is 0.337 e. The Morgan fingerprint density at radius 2 is 1.62 bits per heavy atom. The summed E-state index contributed by atoms with van der Waals surface area (Å²) < 4.78 is 22.2. The number of carboxylic acids is 1. The lowest BCUT2D eigenvalue weighted by Gasteiger charge is -2.15. The quantitative estimate of drug-likeness (QED) is 0.408. The Hall–Kier alpha value is -3.74. The van der Waals surface area contributed by atoms with E-state index in [0.29, 0.717) is 48.1 Å². The molecule has 180 valence electrons. The fourth-order valence-electron chi connectivity index (χ4n) is 3.76. The Kier molecular flexibility index (Phi) is 8.35. The molecule has 3 rings (SSSR count). The van der Waals surface area contributed by atoms with Gasteiger partial charge in [-0.1, -0.05) is 18.6 Å². The van der Waals surface area contributed by atoms with Crippen molar-refractivity contribution in [2.24, 2.45) is 0 Å². The van der Waals surface area contributed by atoms with Gasteiger partial charge in [0.25, 0.3) is 0 Å². The van der Waals surface area contributed by atoms with Gasteiger partial charge in [-0.05, 0) is 68.1 Å². The molecule has 7 nitrogen and oxygen atoms in total. The monoisotopic (exact) mass is 465 g/mol. The van der Waals surface area contributed by atoms with Crippen LogP contribution < -0.4 is 18.9 Å². The van der Waals surface area contributed by atoms with Crippen molar-refractivity contribution in [1.82, 2.24) is 4.98 Å². The standard InChI is InChI=1S/C27H31NO6/c1-6-13-34-23-12-7-17(2)14-20(23)22-11-9-19(27(29)30)21(28-22)10-8-18-15-24(31-3)26(33-5)25(16-18)32-4/h7,9,11-12,14-16H,6,8,10,13H2,1-5H3,(H,29,30). The number of methoxy groups -OCH3 is 3. The molecule has 0 aliphatic carbocycles. The molecule has 2 aromatic carbocycles. The van der Waals surface area contributed by atoms with Crippen LogP contribution in [0.3, 0.4) is 0 Å². The summed E-state index contributed by atoms with van der Waals surface area (Å²) in [6.45, 7) is 4.65. The van der Waals surface area contributed by atoms with Gasteiger partial charge in [-0.25, -0.2) is 4.79 Å². The third-order valence-electron chi connectivity index (χ3n) is 5.45. The summed E-state index contributed by atoms with van der Waals surface area (Å²) in [5.41, 5.74) is 4.20. The van der Waals surface area contributed by atoms with Gasteiger partial charge >= 0.3 is 5.97 Å². The Morgan fingerprint density at radius 1 is 0.912 bits per heavy atom. The fraction of sp³-hybridized carbons (Fsp3) is 0.333. The van der Waals surface area contributed by atoms with Gasteiger partial charge in [-0.3, -0.25) is 4.98 Å². The Labute approximate surface area is 200 Å². The van der Waals surface area contributed by atoms with E-state index in [-0.39, 0.29) is 5.56 Å². The lowest BCUT2D eigenvalue weighted by Crippen LogP contribution is -2.08. The molecule has 0 aliphatic rings. The van der Waals surface area contributed by atoms with Crippen molar-refractivity contribution in [3.05, 3.63) is 64.8 Å². The molecule has 7 heteroatoms. The molecular weight excluding hydrogens is 434 g/mol. The third-order valence-corrected chi connectivity index (χ3v) is 5.45. The van der Waals surface area contributed by atoms with E-state index in [1.807, 2.05) is 37.3 Å². The van der Waals surface area contributed by atoms with Gasteiger partial charge in [0.1, 0.15) is 5.75 Å². The number of carboxylic acid groups (broad SMARTS) is 1. The van der Waals surface area contributed by atoms with Crippen LogP contribution in [-0.4, -0.2) is 44.0 Å². The number of aromatic carboxylic acids is 1. The minimum atomic E-state index is -1.01. The van der Waals surface area contributed by atoms with Crippen LogP contribution in [0.1, 0.15) is 40.5 Å². The second-order valence-electron chi connectivity index (χ2n) is 7.88. The molecule has 0 aliphatic heterocycles. The van der Waals surface area contributed by atoms with Crippen molar-refractivity contribution in [1.29, 1.82) is 0 Å². The summed E-state index contributed by atoms with van der Waals surface area (Å²) in [4.78, 5) is 16.7. The van der Waals surface area contributed by atoms with E-state index in [1.165, 1.54) is 0 Å². The highest BCUT2D eigenvalue weighted by Crippen LogP contribution is 2.38. The molecule has 0 saturated carbocycles. The zero-order valence-electron chi connectivity index (χ0n) is 20.3. The average molecular weight is 466 g/mol. The Balaban J connectivity index is 1.98. The molecule has 0 amide bonds. The summed E-state index contributed by atoms with van der Waals surface area (Å²) in [6, 6.07) is 13.0. The topological polar surface area (TPSA) is 87.1 Å². The third kappa shape index (κ3) is 5.60. The van der Waals surface area contributed by atoms with E-state index in [9.17, 15) is 9.90 Å². The minimum absolute atomic E-state index is 0.180. The van der Waals surface area contributed by atoms with Gasteiger partial charge in [0.05, 0.1) is 44.9 Å². The highest BCUT2D eigenvalue weighted by Gasteiger charge is 2.17. The summed E-state index contributed by atoms with van der Waals surface area (Å²) >= 11 is 0. The van der Waals surface area contributed by atoms with Crippen LogP contribution in [0, 0.1) is 6.92 Å². The number of nitrogens with zero attached hydrogens (tertiary/aromatic N) is 1. The van der Waals surface area contributed by atoms with Crippen LogP contribution in [0.4, 0.5) is 0 Å². The first-order chi connectivity index (χ1) is 16.4. The van der Waals surface area contributed by atoms with E-state index in [4.69, 9.17) is 23.9 Å². The number of hydrogen-bond acceptors (Lipinski definition) is 6. The zero-order valence-corrected chi connectivity index (χ0v) is 20.3. The van der Waals surface area contributed by atoms with Gasteiger partial charge < -0.3 is 24.1 Å². The number of hydrogen-bond donors (Lipinski definition) is 1. The first-order valence-electron chi connectivity index (χ1n) is 11.2. The number of ether oxygens (including phenoxy) is 4. The lowest BCUT2D eigenvalue weighted by atomic mass is 10.0. The fourth-order valence-corrected chi connectivity index (χ4v) is 3.76. The molecule has 0 unspecified atom stereocenters. The normalized spacial score (nSPS) is 10.6. The van der Waals surface area contributed by atoms with Crippen molar-refractivity contribution in [3.8, 4) is 34.3 Å². The smallest absolute Gasteiger partial charge is 0.337 e. The summed E-state index contributed by atoms with van der Waals surface area (Å²) in [5, 5.41) is 9.75. The molecule has 1 aromatic heterocycles. The summed E-state index contributed by atoms with van der Waals surface area (Å²) in [7, 11) is 4.68. The molecule has 0 saturated heterocycles. The summed E-state index contributed by atoms with van der Waals surface area (Å²) in [6.07, 6.45) is 1.85. The van der Waals surface area contributed by atoms with Crippen LogP contribution in [0.15, 0.2) is 42.5 Å². The molecule has 3 aromatic rings. The molecule has 1 N–H and O–H groups in total. The van der Waals surface area contributed by atoms with Crippen molar-refractivity contribution >= 4 is 5.97 Å². The van der Waals surface area contributed by atoms with Crippen LogP contribution in [0.5, 0.6) is 23.0 Å². The van der Waals surface area contributed by atoms with Gasteiger partial charge in [-0.2, -0.15) is 0 Å². The van der Waals surface area contributed by atoms with E-state index in [1.54, 1.807) is 33.5 Å². The van der Waals surface area contributed by atoms with Crippen LogP contribution in [0.25, 0.3) is 11.3 Å². The molecular formula is C27H31NO6. The number of pyridine rings is 1. The first kappa shape index (κ1) is 24.9. The van der Waals surface area contributed by atoms with Gasteiger partial charge in [0.2, 0.25) is 5.75 Å². The van der Waals surface area contributed by atoms with E-state index in [0.717, 1.165) is 28.9 Å². The highest BCUT2D eigenvalue weighted by atomic mass is 16.5. The molecule has 0 fully saturated rings. The Bertz CT molecular complexity index is 1130. The molecule has 0 spiro atoms. The maximum atomic E-state index is 11.9. The zero-order chi connectivity index (χ0) is 24.7. The first-order valence-corrected chi connectivity index (χ1v) is 11.2. The van der Waals surface area contributed by atoms with E-state index >= 15 is 0 Å². The molecule has 0 bridgehead atoms. The van der Waals surface area contributed by atoms with Crippen molar-refractivity contribution in [2.45, 2.75) is 33.1 Å². The van der Waals surface area contributed by atoms with E-state index in [2.05, 4.69) is 6.92 Å². The second-order valence-corrected chi connectivity index (χ2v) is 7.88. The SMILES string of the molecule is CCCOc1ccc(C)cc1-c1ccc(C(=O)O)c(CCc2cc(OC)c(OC)c(OC)c2)n1. The van der Waals surface area contributed by atoms with E-state index < -0.39 is 5.97 Å². The van der Waals surface area contributed by atoms with Crippen molar-refractivity contribution in [3.63, 3.8) is 0 Å². The van der Waals surface area contributed by atoms with Gasteiger partial charge in [-0.15, -0.1) is 0 Å². The van der Waals surface area contributed by atoms with Crippen molar-refractivity contribution < 1.29 is 28.8 Å². The van der Waals surface area contributed by atoms with Crippen molar-refractivity contribution in [2.75, 3.05) is 27.9 Å². The van der Waals surface area contributed by atoms with Gasteiger partial charge in [0, 0.05) is 5.56 Å².